The number of halogens is 1. The molecule has 0 radical (unpaired) electrons. The molecule has 0 spiro atoms. The summed E-state index contributed by atoms with van der Waals surface area (Å²) in [6.45, 7) is 3.70. The van der Waals surface area contributed by atoms with Crippen molar-refractivity contribution in [1.29, 1.82) is 5.26 Å². The van der Waals surface area contributed by atoms with E-state index in [0.29, 0.717) is 38.3 Å². The SMILES string of the molecule is CCOc1ccc(N(CCC#N)C(=O)C2CCCN(C(=O)Cc3ccc(F)cc3)C2)cc1. The van der Waals surface area contributed by atoms with E-state index in [0.717, 1.165) is 17.7 Å². The van der Waals surface area contributed by atoms with Gasteiger partial charge in [-0.1, -0.05) is 12.1 Å². The van der Waals surface area contributed by atoms with Crippen LogP contribution in [0.4, 0.5) is 10.1 Å². The van der Waals surface area contributed by atoms with Gasteiger partial charge in [-0.2, -0.15) is 5.26 Å². The maximum absolute atomic E-state index is 13.4. The van der Waals surface area contributed by atoms with Crippen LogP contribution in [0.25, 0.3) is 0 Å². The Hall–Kier alpha value is -3.40. The van der Waals surface area contributed by atoms with Crippen molar-refractivity contribution in [2.24, 2.45) is 5.92 Å². The van der Waals surface area contributed by atoms with Gasteiger partial charge < -0.3 is 14.5 Å². The lowest BCUT2D eigenvalue weighted by Crippen LogP contribution is -2.47. The highest BCUT2D eigenvalue weighted by Gasteiger charge is 2.31. The average molecular weight is 438 g/mol. The molecule has 0 aliphatic carbocycles. The molecule has 0 N–H and O–H groups in total. The highest BCUT2D eigenvalue weighted by atomic mass is 19.1. The maximum atomic E-state index is 13.4. The number of amides is 2. The lowest BCUT2D eigenvalue weighted by atomic mass is 9.95. The zero-order valence-electron chi connectivity index (χ0n) is 18.3. The fraction of sp³-hybridized carbons (Fsp3) is 0.400. The van der Waals surface area contributed by atoms with Gasteiger partial charge in [-0.15, -0.1) is 0 Å². The highest BCUT2D eigenvalue weighted by Crippen LogP contribution is 2.25. The van der Waals surface area contributed by atoms with Crippen LogP contribution in [-0.4, -0.2) is 43.0 Å². The predicted octanol–water partition coefficient (Wildman–Crippen LogP) is 3.95. The van der Waals surface area contributed by atoms with Gasteiger partial charge in [-0.05, 0) is 61.7 Å². The fourth-order valence-electron chi connectivity index (χ4n) is 3.93. The van der Waals surface area contributed by atoms with E-state index in [9.17, 15) is 14.0 Å². The van der Waals surface area contributed by atoms with E-state index in [1.165, 1.54) is 12.1 Å². The lowest BCUT2D eigenvalue weighted by Gasteiger charge is -2.35. The van der Waals surface area contributed by atoms with Gasteiger partial charge in [0.05, 0.1) is 31.4 Å². The number of carbonyl (C=O) groups excluding carboxylic acids is 2. The van der Waals surface area contributed by atoms with Crippen LogP contribution in [-0.2, 0) is 16.0 Å². The molecule has 2 amide bonds. The van der Waals surface area contributed by atoms with Crippen LogP contribution in [0.15, 0.2) is 48.5 Å². The number of ether oxygens (including phenoxy) is 1. The van der Waals surface area contributed by atoms with Gasteiger partial charge in [0.1, 0.15) is 11.6 Å². The van der Waals surface area contributed by atoms with Crippen LogP contribution in [0.5, 0.6) is 5.75 Å². The molecule has 1 aliphatic heterocycles. The maximum Gasteiger partial charge on any atom is 0.231 e. The van der Waals surface area contributed by atoms with Gasteiger partial charge in [0.2, 0.25) is 11.8 Å². The summed E-state index contributed by atoms with van der Waals surface area (Å²) in [6.07, 6.45) is 1.83. The van der Waals surface area contributed by atoms with Crippen molar-refractivity contribution >= 4 is 17.5 Å². The standard InChI is InChI=1S/C25H28FN3O3/c1-2-32-23-12-10-22(11-13-23)29(16-4-14-27)25(31)20-5-3-15-28(18-20)24(30)17-19-6-8-21(26)9-7-19/h6-13,20H,2-5,15-18H2,1H3. The molecular weight excluding hydrogens is 409 g/mol. The van der Waals surface area contributed by atoms with Gasteiger partial charge in [0, 0.05) is 25.3 Å². The van der Waals surface area contributed by atoms with E-state index in [2.05, 4.69) is 6.07 Å². The minimum absolute atomic E-state index is 0.0706. The molecule has 1 fully saturated rings. The normalized spacial score (nSPS) is 15.7. The van der Waals surface area contributed by atoms with Gasteiger partial charge >= 0.3 is 0 Å². The summed E-state index contributed by atoms with van der Waals surface area (Å²) in [5.74, 6) is -0.0932. The van der Waals surface area contributed by atoms with Gasteiger partial charge in [-0.3, -0.25) is 9.59 Å². The average Bonchev–Trinajstić information content (AvgIpc) is 2.82. The lowest BCUT2D eigenvalue weighted by molar-refractivity contribution is -0.134. The Morgan fingerprint density at radius 1 is 1.19 bits per heavy atom. The summed E-state index contributed by atoms with van der Waals surface area (Å²) < 4.78 is 18.6. The molecule has 0 bridgehead atoms. The zero-order chi connectivity index (χ0) is 22.9. The summed E-state index contributed by atoms with van der Waals surface area (Å²) >= 11 is 0. The summed E-state index contributed by atoms with van der Waals surface area (Å²) in [5.41, 5.74) is 1.46. The Morgan fingerprint density at radius 3 is 2.56 bits per heavy atom. The van der Waals surface area contributed by atoms with Crippen molar-refractivity contribution in [2.75, 3.05) is 31.1 Å². The van der Waals surface area contributed by atoms with Crippen LogP contribution in [0.3, 0.4) is 0 Å². The largest absolute Gasteiger partial charge is 0.494 e. The van der Waals surface area contributed by atoms with Gasteiger partial charge in [-0.25, -0.2) is 4.39 Å². The quantitative estimate of drug-likeness (QED) is 0.627. The number of nitrogens with zero attached hydrogens (tertiary/aromatic N) is 3. The molecular formula is C25H28FN3O3. The van der Waals surface area contributed by atoms with Crippen LogP contribution >= 0.6 is 0 Å². The summed E-state index contributed by atoms with van der Waals surface area (Å²) in [7, 11) is 0. The topological polar surface area (TPSA) is 73.6 Å². The second-order valence-corrected chi connectivity index (χ2v) is 7.81. The van der Waals surface area contributed by atoms with E-state index in [-0.39, 0.29) is 36.4 Å². The van der Waals surface area contributed by atoms with Crippen molar-refractivity contribution in [1.82, 2.24) is 4.90 Å². The van der Waals surface area contributed by atoms with Crippen molar-refractivity contribution in [3.63, 3.8) is 0 Å². The number of hydrogen-bond donors (Lipinski definition) is 0. The van der Waals surface area contributed by atoms with Crippen LogP contribution in [0.1, 0.15) is 31.7 Å². The Morgan fingerprint density at radius 2 is 1.91 bits per heavy atom. The van der Waals surface area contributed by atoms with E-state index in [1.807, 2.05) is 31.2 Å². The second kappa shape index (κ2) is 11.3. The monoisotopic (exact) mass is 437 g/mol. The molecule has 0 saturated carbocycles. The van der Waals surface area contributed by atoms with E-state index < -0.39 is 0 Å². The Balaban J connectivity index is 1.69. The third-order valence-corrected chi connectivity index (χ3v) is 5.56. The second-order valence-electron chi connectivity index (χ2n) is 7.81. The third-order valence-electron chi connectivity index (χ3n) is 5.56. The molecule has 6 nitrogen and oxygen atoms in total. The first-order valence-corrected chi connectivity index (χ1v) is 10.9. The third kappa shape index (κ3) is 6.07. The zero-order valence-corrected chi connectivity index (χ0v) is 18.3. The number of rotatable bonds is 8. The van der Waals surface area contributed by atoms with Crippen molar-refractivity contribution in [3.8, 4) is 11.8 Å². The first kappa shape index (κ1) is 23.3. The molecule has 7 heteroatoms. The molecule has 0 aromatic heterocycles. The number of hydrogen-bond acceptors (Lipinski definition) is 4. The smallest absolute Gasteiger partial charge is 0.231 e. The summed E-state index contributed by atoms with van der Waals surface area (Å²) in [6, 6.07) is 15.3. The van der Waals surface area contributed by atoms with E-state index in [1.54, 1.807) is 21.9 Å². The van der Waals surface area contributed by atoms with Crippen LogP contribution in [0, 0.1) is 23.1 Å². The first-order valence-electron chi connectivity index (χ1n) is 10.9. The molecule has 1 saturated heterocycles. The Kier molecular flexibility index (Phi) is 8.20. The van der Waals surface area contributed by atoms with E-state index in [4.69, 9.17) is 10.00 Å². The number of nitriles is 1. The van der Waals surface area contributed by atoms with Gasteiger partial charge in [0.25, 0.3) is 0 Å². The molecule has 32 heavy (non-hydrogen) atoms. The van der Waals surface area contributed by atoms with Crippen LogP contribution in [0.2, 0.25) is 0 Å². The predicted molar refractivity (Wildman–Crippen MR) is 120 cm³/mol. The molecule has 2 aromatic rings. The molecule has 1 unspecified atom stereocenters. The van der Waals surface area contributed by atoms with E-state index >= 15 is 0 Å². The Labute approximate surface area is 188 Å². The van der Waals surface area contributed by atoms with Gasteiger partial charge in [0.15, 0.2) is 0 Å². The first-order chi connectivity index (χ1) is 15.5. The highest BCUT2D eigenvalue weighted by molar-refractivity contribution is 5.95. The molecule has 1 aliphatic rings. The minimum atomic E-state index is -0.336. The Bertz CT molecular complexity index is 954. The molecule has 3 rings (SSSR count). The number of likely N-dealkylation sites (tertiary alicyclic amines) is 1. The molecule has 2 aromatic carbocycles. The fourth-order valence-corrected chi connectivity index (χ4v) is 3.93. The minimum Gasteiger partial charge on any atom is -0.494 e. The van der Waals surface area contributed by atoms with Crippen molar-refractivity contribution in [3.05, 3.63) is 59.9 Å². The summed E-state index contributed by atoms with van der Waals surface area (Å²) in [5, 5.41) is 9.06. The molecule has 1 atom stereocenters. The van der Waals surface area contributed by atoms with Crippen molar-refractivity contribution < 1.29 is 18.7 Å². The summed E-state index contributed by atoms with van der Waals surface area (Å²) in [4.78, 5) is 29.5. The number of piperidine rings is 1. The molecule has 168 valence electrons. The number of anilines is 1. The number of benzene rings is 2. The molecule has 1 heterocycles. The van der Waals surface area contributed by atoms with Crippen LogP contribution < -0.4 is 9.64 Å². The number of carbonyl (C=O) groups is 2. The van der Waals surface area contributed by atoms with Crippen molar-refractivity contribution in [2.45, 2.75) is 32.6 Å².